The summed E-state index contributed by atoms with van der Waals surface area (Å²) in [7, 11) is 0. The third-order valence-electron chi connectivity index (χ3n) is 3.77. The van der Waals surface area contributed by atoms with E-state index in [1.54, 1.807) is 6.07 Å². The van der Waals surface area contributed by atoms with Crippen LogP contribution in [0.2, 0.25) is 0 Å². The van der Waals surface area contributed by atoms with Crippen molar-refractivity contribution in [1.29, 1.82) is 0 Å². The molecular formula is C16H21BrFN3. The minimum atomic E-state index is -0.278. The zero-order valence-electron chi connectivity index (χ0n) is 12.4. The average molecular weight is 354 g/mol. The van der Waals surface area contributed by atoms with Crippen LogP contribution in [0.5, 0.6) is 0 Å². The Hall–Kier alpha value is -1.20. The monoisotopic (exact) mass is 353 g/mol. The van der Waals surface area contributed by atoms with Crippen LogP contribution in [-0.4, -0.2) is 9.78 Å². The van der Waals surface area contributed by atoms with Gasteiger partial charge in [0.05, 0.1) is 11.7 Å². The lowest BCUT2D eigenvalue weighted by Crippen LogP contribution is -2.15. The van der Waals surface area contributed by atoms with Gasteiger partial charge in [0, 0.05) is 23.1 Å². The van der Waals surface area contributed by atoms with Crippen molar-refractivity contribution in [2.75, 3.05) is 0 Å². The van der Waals surface area contributed by atoms with Gasteiger partial charge in [0.2, 0.25) is 0 Å². The molecule has 0 radical (unpaired) electrons. The number of nitrogens with zero attached hydrogens (tertiary/aromatic N) is 2. The van der Waals surface area contributed by atoms with E-state index in [0.29, 0.717) is 12.5 Å². The Morgan fingerprint density at radius 3 is 2.67 bits per heavy atom. The molecule has 0 bridgehead atoms. The van der Waals surface area contributed by atoms with E-state index >= 15 is 0 Å². The zero-order chi connectivity index (χ0) is 15.4. The quantitative estimate of drug-likeness (QED) is 0.836. The van der Waals surface area contributed by atoms with E-state index in [1.807, 2.05) is 16.9 Å². The molecule has 1 unspecified atom stereocenters. The Morgan fingerprint density at radius 2 is 2.00 bits per heavy atom. The average Bonchev–Trinajstić information content (AvgIpc) is 2.91. The van der Waals surface area contributed by atoms with Crippen LogP contribution >= 0.6 is 15.9 Å². The first-order chi connectivity index (χ1) is 10.0. The fourth-order valence-corrected chi connectivity index (χ4v) is 3.03. The van der Waals surface area contributed by atoms with Crippen molar-refractivity contribution in [1.82, 2.24) is 9.78 Å². The van der Waals surface area contributed by atoms with Gasteiger partial charge in [0.15, 0.2) is 0 Å². The number of halogens is 2. The molecule has 21 heavy (non-hydrogen) atoms. The lowest BCUT2D eigenvalue weighted by atomic mass is 10.0. The Labute approximate surface area is 133 Å². The standard InChI is InChI=1S/C16H21BrFN3/c1-3-13(4-2)21-8-7-12(20-21)10-16(19)14-9-11(18)5-6-15(14)17/h5-9,13,16H,3-4,10,19H2,1-2H3. The first-order valence-corrected chi connectivity index (χ1v) is 8.09. The van der Waals surface area contributed by atoms with Crippen LogP contribution in [0.1, 0.15) is 50.0 Å². The maximum Gasteiger partial charge on any atom is 0.123 e. The summed E-state index contributed by atoms with van der Waals surface area (Å²) in [5, 5.41) is 4.60. The van der Waals surface area contributed by atoms with E-state index in [-0.39, 0.29) is 11.9 Å². The van der Waals surface area contributed by atoms with Gasteiger partial charge >= 0.3 is 0 Å². The largest absolute Gasteiger partial charge is 0.324 e. The van der Waals surface area contributed by atoms with Gasteiger partial charge in [-0.1, -0.05) is 29.8 Å². The number of aromatic nitrogens is 2. The molecule has 1 aromatic carbocycles. The molecule has 0 spiro atoms. The lowest BCUT2D eigenvalue weighted by Gasteiger charge is -2.14. The van der Waals surface area contributed by atoms with Crippen LogP contribution in [0.15, 0.2) is 34.9 Å². The molecular weight excluding hydrogens is 333 g/mol. The van der Waals surface area contributed by atoms with Crippen molar-refractivity contribution >= 4 is 15.9 Å². The van der Waals surface area contributed by atoms with Crippen molar-refractivity contribution in [3.63, 3.8) is 0 Å². The molecule has 0 aliphatic carbocycles. The van der Waals surface area contributed by atoms with Crippen LogP contribution in [0.3, 0.4) is 0 Å². The summed E-state index contributed by atoms with van der Waals surface area (Å²) in [4.78, 5) is 0. The van der Waals surface area contributed by atoms with Crippen molar-refractivity contribution in [3.8, 4) is 0 Å². The second-order valence-electron chi connectivity index (χ2n) is 5.23. The Balaban J connectivity index is 2.12. The summed E-state index contributed by atoms with van der Waals surface area (Å²) in [6.07, 6.45) is 4.70. The highest BCUT2D eigenvalue weighted by molar-refractivity contribution is 9.10. The molecule has 2 N–H and O–H groups in total. The molecule has 0 saturated carbocycles. The summed E-state index contributed by atoms with van der Waals surface area (Å²) >= 11 is 3.42. The Bertz CT molecular complexity index is 593. The number of hydrogen-bond acceptors (Lipinski definition) is 2. The summed E-state index contributed by atoms with van der Waals surface area (Å²) in [5.74, 6) is -0.272. The van der Waals surface area contributed by atoms with Crippen LogP contribution < -0.4 is 5.73 Å². The Kier molecular flexibility index (Phi) is 5.53. The summed E-state index contributed by atoms with van der Waals surface area (Å²) < 4.78 is 16.2. The van der Waals surface area contributed by atoms with E-state index in [2.05, 4.69) is 34.9 Å². The highest BCUT2D eigenvalue weighted by Gasteiger charge is 2.14. The molecule has 0 amide bonds. The predicted octanol–water partition coefficient (Wildman–Crippen LogP) is 4.39. The molecule has 0 aliphatic heterocycles. The molecule has 5 heteroatoms. The molecule has 0 saturated heterocycles. The van der Waals surface area contributed by atoms with Gasteiger partial charge in [-0.25, -0.2) is 4.39 Å². The van der Waals surface area contributed by atoms with Gasteiger partial charge in [-0.2, -0.15) is 5.10 Å². The molecule has 2 aromatic rings. The van der Waals surface area contributed by atoms with Crippen LogP contribution in [0, 0.1) is 5.82 Å². The lowest BCUT2D eigenvalue weighted by molar-refractivity contribution is 0.424. The minimum absolute atomic E-state index is 0.272. The van der Waals surface area contributed by atoms with Gasteiger partial charge in [-0.15, -0.1) is 0 Å². The normalized spacial score (nSPS) is 12.9. The molecule has 3 nitrogen and oxygen atoms in total. The highest BCUT2D eigenvalue weighted by atomic mass is 79.9. The molecule has 1 heterocycles. The fourth-order valence-electron chi connectivity index (χ4n) is 2.49. The number of rotatable bonds is 6. The zero-order valence-corrected chi connectivity index (χ0v) is 14.0. The van der Waals surface area contributed by atoms with Gasteiger partial charge in [-0.05, 0) is 42.7 Å². The topological polar surface area (TPSA) is 43.8 Å². The van der Waals surface area contributed by atoms with Crippen LogP contribution in [0.25, 0.3) is 0 Å². The summed E-state index contributed by atoms with van der Waals surface area (Å²) in [5.41, 5.74) is 7.91. The third-order valence-corrected chi connectivity index (χ3v) is 4.49. The molecule has 0 fully saturated rings. The first-order valence-electron chi connectivity index (χ1n) is 7.29. The summed E-state index contributed by atoms with van der Waals surface area (Å²) in [6, 6.07) is 6.73. The predicted molar refractivity (Wildman–Crippen MR) is 86.6 cm³/mol. The minimum Gasteiger partial charge on any atom is -0.324 e. The second kappa shape index (κ2) is 7.18. The SMILES string of the molecule is CCC(CC)n1ccc(CC(N)c2cc(F)ccc2Br)n1. The summed E-state index contributed by atoms with van der Waals surface area (Å²) in [6.45, 7) is 4.32. The smallest absolute Gasteiger partial charge is 0.123 e. The van der Waals surface area contributed by atoms with Crippen molar-refractivity contribution < 1.29 is 4.39 Å². The Morgan fingerprint density at radius 1 is 1.29 bits per heavy atom. The van der Waals surface area contributed by atoms with E-state index in [0.717, 1.165) is 28.6 Å². The number of hydrogen-bond donors (Lipinski definition) is 1. The van der Waals surface area contributed by atoms with E-state index < -0.39 is 0 Å². The first kappa shape index (κ1) is 16.2. The van der Waals surface area contributed by atoms with Gasteiger partial charge in [-0.3, -0.25) is 4.68 Å². The van der Waals surface area contributed by atoms with Crippen LogP contribution in [-0.2, 0) is 6.42 Å². The van der Waals surface area contributed by atoms with E-state index in [9.17, 15) is 4.39 Å². The van der Waals surface area contributed by atoms with Gasteiger partial charge < -0.3 is 5.73 Å². The molecule has 114 valence electrons. The maximum absolute atomic E-state index is 13.4. The molecule has 2 rings (SSSR count). The molecule has 1 atom stereocenters. The van der Waals surface area contributed by atoms with Crippen molar-refractivity contribution in [2.45, 2.75) is 45.2 Å². The van der Waals surface area contributed by atoms with Crippen molar-refractivity contribution in [2.24, 2.45) is 5.73 Å². The number of benzene rings is 1. The molecule has 0 aliphatic rings. The van der Waals surface area contributed by atoms with Gasteiger partial charge in [0.1, 0.15) is 5.82 Å². The number of nitrogens with two attached hydrogens (primary N) is 1. The van der Waals surface area contributed by atoms with Crippen LogP contribution in [0.4, 0.5) is 4.39 Å². The maximum atomic E-state index is 13.4. The van der Waals surface area contributed by atoms with E-state index in [4.69, 9.17) is 5.73 Å². The fraction of sp³-hybridized carbons (Fsp3) is 0.438. The van der Waals surface area contributed by atoms with Gasteiger partial charge in [0.25, 0.3) is 0 Å². The van der Waals surface area contributed by atoms with E-state index in [1.165, 1.54) is 12.1 Å². The molecule has 1 aromatic heterocycles. The highest BCUT2D eigenvalue weighted by Crippen LogP contribution is 2.25. The third kappa shape index (κ3) is 3.92. The second-order valence-corrected chi connectivity index (χ2v) is 6.09. The van der Waals surface area contributed by atoms with Crippen molar-refractivity contribution in [3.05, 3.63) is 52.0 Å².